The lowest BCUT2D eigenvalue weighted by molar-refractivity contribution is -0.117. The van der Waals surface area contributed by atoms with E-state index in [4.69, 9.17) is 11.6 Å². The minimum absolute atomic E-state index is 0.00806. The van der Waals surface area contributed by atoms with Crippen LogP contribution in [0.5, 0.6) is 0 Å². The quantitative estimate of drug-likeness (QED) is 0.456. The van der Waals surface area contributed by atoms with Crippen LogP contribution in [0.2, 0.25) is 0 Å². The molecule has 0 saturated carbocycles. The number of halogens is 1. The molecule has 0 bridgehead atoms. The summed E-state index contributed by atoms with van der Waals surface area (Å²) < 4.78 is 0. The molecule has 0 aliphatic rings. The van der Waals surface area contributed by atoms with Gasteiger partial charge in [-0.05, 0) is 6.08 Å². The zero-order valence-electron chi connectivity index (χ0n) is 6.23. The van der Waals surface area contributed by atoms with E-state index in [-0.39, 0.29) is 11.7 Å². The predicted octanol–water partition coefficient (Wildman–Crippen LogP) is 2.52. The molecule has 1 nitrogen and oxygen atoms in total. The first-order valence-electron chi connectivity index (χ1n) is 3.11. The normalized spacial score (nSPS) is 11.8. The van der Waals surface area contributed by atoms with Crippen molar-refractivity contribution in [1.82, 2.24) is 0 Å². The zero-order valence-corrected chi connectivity index (χ0v) is 6.98. The second-order valence-electron chi connectivity index (χ2n) is 2.29. The third-order valence-corrected chi connectivity index (χ3v) is 1.31. The van der Waals surface area contributed by atoms with Crippen molar-refractivity contribution >= 4 is 17.4 Å². The van der Waals surface area contributed by atoms with Crippen LogP contribution in [0.4, 0.5) is 0 Å². The van der Waals surface area contributed by atoms with Crippen molar-refractivity contribution in [1.29, 1.82) is 0 Å². The van der Waals surface area contributed by atoms with E-state index in [0.29, 0.717) is 5.03 Å². The lowest BCUT2D eigenvalue weighted by atomic mass is 10.1. The molecule has 0 heterocycles. The van der Waals surface area contributed by atoms with Crippen LogP contribution in [0, 0.1) is 5.92 Å². The highest BCUT2D eigenvalue weighted by Gasteiger charge is 2.02. The summed E-state index contributed by atoms with van der Waals surface area (Å²) in [5, 5.41) is 0.402. The molecule has 2 heteroatoms. The topological polar surface area (TPSA) is 17.1 Å². The van der Waals surface area contributed by atoms with Crippen LogP contribution < -0.4 is 0 Å². The van der Waals surface area contributed by atoms with Crippen molar-refractivity contribution in [3.05, 3.63) is 23.8 Å². The van der Waals surface area contributed by atoms with Gasteiger partial charge in [0, 0.05) is 11.0 Å². The molecule has 0 fully saturated rings. The van der Waals surface area contributed by atoms with E-state index in [0.717, 1.165) is 0 Å². The largest absolute Gasteiger partial charge is 0.295 e. The maximum Gasteiger partial charge on any atom is 0.159 e. The number of rotatable bonds is 3. The fourth-order valence-corrected chi connectivity index (χ4v) is 0.469. The van der Waals surface area contributed by atoms with E-state index in [9.17, 15) is 4.79 Å². The van der Waals surface area contributed by atoms with Crippen LogP contribution in [-0.4, -0.2) is 5.78 Å². The van der Waals surface area contributed by atoms with Crippen molar-refractivity contribution in [3.8, 4) is 0 Å². The van der Waals surface area contributed by atoms with E-state index in [1.165, 1.54) is 12.2 Å². The Morgan fingerprint density at radius 2 is 2.10 bits per heavy atom. The monoisotopic (exact) mass is 158 g/mol. The first kappa shape index (κ1) is 9.44. The molecule has 0 aromatic heterocycles. The van der Waals surface area contributed by atoms with Crippen molar-refractivity contribution in [3.63, 3.8) is 0 Å². The Kier molecular flexibility index (Phi) is 4.05. The smallest absolute Gasteiger partial charge is 0.159 e. The molecular weight excluding hydrogens is 148 g/mol. The standard InChI is InChI=1S/C8H11ClO/c1-4-7(9)5-8(10)6(2)3/h4-6H,1H2,2-3H3/b7-5+. The molecule has 0 atom stereocenters. The van der Waals surface area contributed by atoms with E-state index in [1.54, 1.807) is 0 Å². The van der Waals surface area contributed by atoms with Crippen LogP contribution >= 0.6 is 11.6 Å². The molecule has 0 N–H and O–H groups in total. The summed E-state index contributed by atoms with van der Waals surface area (Å²) in [6.07, 6.45) is 2.83. The summed E-state index contributed by atoms with van der Waals surface area (Å²) in [5.74, 6) is 0.0404. The molecule has 0 radical (unpaired) electrons. The van der Waals surface area contributed by atoms with E-state index < -0.39 is 0 Å². The fourth-order valence-electron chi connectivity index (χ4n) is 0.361. The third-order valence-electron chi connectivity index (χ3n) is 1.04. The van der Waals surface area contributed by atoms with Gasteiger partial charge in [-0.1, -0.05) is 38.1 Å². The zero-order chi connectivity index (χ0) is 8.15. The molecule has 0 spiro atoms. The number of carbonyl (C=O) groups excluding carboxylic acids is 1. The highest BCUT2D eigenvalue weighted by molar-refractivity contribution is 6.32. The Morgan fingerprint density at radius 3 is 2.40 bits per heavy atom. The third kappa shape index (κ3) is 3.46. The average Bonchev–Trinajstić information content (AvgIpc) is 1.87. The van der Waals surface area contributed by atoms with Gasteiger partial charge in [-0.15, -0.1) is 0 Å². The molecule has 56 valence electrons. The first-order valence-corrected chi connectivity index (χ1v) is 3.49. The molecular formula is C8H11ClO. The molecule has 0 saturated heterocycles. The summed E-state index contributed by atoms with van der Waals surface area (Å²) >= 11 is 5.53. The van der Waals surface area contributed by atoms with E-state index in [2.05, 4.69) is 6.58 Å². The van der Waals surface area contributed by atoms with Gasteiger partial charge in [-0.25, -0.2) is 0 Å². The Morgan fingerprint density at radius 1 is 1.60 bits per heavy atom. The lowest BCUT2D eigenvalue weighted by Gasteiger charge is -1.96. The van der Waals surface area contributed by atoms with Gasteiger partial charge in [0.25, 0.3) is 0 Å². The Bertz CT molecular complexity index is 168. The van der Waals surface area contributed by atoms with E-state index in [1.807, 2.05) is 13.8 Å². The van der Waals surface area contributed by atoms with Crippen LogP contribution in [0.15, 0.2) is 23.8 Å². The highest BCUT2D eigenvalue weighted by atomic mass is 35.5. The molecule has 0 amide bonds. The van der Waals surface area contributed by atoms with Crippen LogP contribution in [0.3, 0.4) is 0 Å². The molecule has 0 aromatic carbocycles. The number of ketones is 1. The van der Waals surface area contributed by atoms with Crippen LogP contribution in [-0.2, 0) is 4.79 Å². The number of hydrogen-bond donors (Lipinski definition) is 0. The van der Waals surface area contributed by atoms with Crippen molar-refractivity contribution in [2.75, 3.05) is 0 Å². The molecule has 0 unspecified atom stereocenters. The SMILES string of the molecule is C=C/C(Cl)=C\C(=O)C(C)C. The summed E-state index contributed by atoms with van der Waals surface area (Å²) in [4.78, 5) is 10.9. The van der Waals surface area contributed by atoms with Crippen molar-refractivity contribution < 1.29 is 4.79 Å². The van der Waals surface area contributed by atoms with Crippen LogP contribution in [0.1, 0.15) is 13.8 Å². The van der Waals surface area contributed by atoms with Gasteiger partial charge in [0.15, 0.2) is 5.78 Å². The summed E-state index contributed by atoms with van der Waals surface area (Å²) in [5.41, 5.74) is 0. The minimum atomic E-state index is 0.00806. The van der Waals surface area contributed by atoms with Gasteiger partial charge >= 0.3 is 0 Å². The van der Waals surface area contributed by atoms with Gasteiger partial charge in [0.2, 0.25) is 0 Å². The fraction of sp³-hybridized carbons (Fsp3) is 0.375. The van der Waals surface area contributed by atoms with Gasteiger partial charge < -0.3 is 0 Å². The molecule has 0 aliphatic heterocycles. The van der Waals surface area contributed by atoms with Gasteiger partial charge in [-0.3, -0.25) is 4.79 Å². The lowest BCUT2D eigenvalue weighted by Crippen LogP contribution is -2.02. The number of allylic oxidation sites excluding steroid dienone is 3. The molecule has 10 heavy (non-hydrogen) atoms. The van der Waals surface area contributed by atoms with Crippen LogP contribution in [0.25, 0.3) is 0 Å². The molecule has 0 rings (SSSR count). The van der Waals surface area contributed by atoms with Gasteiger partial charge in [-0.2, -0.15) is 0 Å². The maximum atomic E-state index is 10.9. The number of carbonyl (C=O) groups is 1. The molecule has 0 aromatic rings. The maximum absolute atomic E-state index is 10.9. The van der Waals surface area contributed by atoms with Gasteiger partial charge in [0.05, 0.1) is 0 Å². The van der Waals surface area contributed by atoms with Crippen molar-refractivity contribution in [2.24, 2.45) is 5.92 Å². The van der Waals surface area contributed by atoms with Gasteiger partial charge in [0.1, 0.15) is 0 Å². The minimum Gasteiger partial charge on any atom is -0.295 e. The highest BCUT2D eigenvalue weighted by Crippen LogP contribution is 2.04. The summed E-state index contributed by atoms with van der Waals surface area (Å²) in [7, 11) is 0. The Labute approximate surface area is 66.4 Å². The Balaban J connectivity index is 4.13. The average molecular weight is 159 g/mol. The van der Waals surface area contributed by atoms with Crippen molar-refractivity contribution in [2.45, 2.75) is 13.8 Å². The Hall–Kier alpha value is -0.560. The molecule has 0 aliphatic carbocycles. The number of hydrogen-bond acceptors (Lipinski definition) is 1. The predicted molar refractivity (Wildman–Crippen MR) is 44.0 cm³/mol. The second kappa shape index (κ2) is 4.29. The second-order valence-corrected chi connectivity index (χ2v) is 2.73. The first-order chi connectivity index (χ1) is 4.57. The van der Waals surface area contributed by atoms with E-state index >= 15 is 0 Å². The summed E-state index contributed by atoms with van der Waals surface area (Å²) in [6.45, 7) is 7.07. The summed E-state index contributed by atoms with van der Waals surface area (Å²) in [6, 6.07) is 0.